The van der Waals surface area contributed by atoms with E-state index in [2.05, 4.69) is 9.97 Å². The number of benzene rings is 2. The average Bonchev–Trinajstić information content (AvgIpc) is 3.42. The highest BCUT2D eigenvalue weighted by atomic mass is 35.5. The molecule has 0 fully saturated rings. The van der Waals surface area contributed by atoms with E-state index in [1.807, 2.05) is 59.5 Å². The molecule has 0 radical (unpaired) electrons. The van der Waals surface area contributed by atoms with Gasteiger partial charge in [-0.2, -0.15) is 0 Å². The van der Waals surface area contributed by atoms with Crippen molar-refractivity contribution in [1.29, 1.82) is 0 Å². The summed E-state index contributed by atoms with van der Waals surface area (Å²) in [5.41, 5.74) is 1.74. The van der Waals surface area contributed by atoms with Gasteiger partial charge in [0.15, 0.2) is 5.13 Å². The molecule has 2 aromatic carbocycles. The van der Waals surface area contributed by atoms with Crippen LogP contribution in [0.2, 0.25) is 5.02 Å². The van der Waals surface area contributed by atoms with Gasteiger partial charge in [0.1, 0.15) is 5.52 Å². The molecule has 0 aliphatic heterocycles. The number of halogens is 1. The van der Waals surface area contributed by atoms with Crippen LogP contribution in [-0.4, -0.2) is 33.2 Å². The number of nitrogens with zero attached hydrogens (tertiary/aromatic N) is 4. The van der Waals surface area contributed by atoms with E-state index in [1.54, 1.807) is 29.2 Å². The molecule has 0 bridgehead atoms. The van der Waals surface area contributed by atoms with Crippen LogP contribution in [-0.2, 0) is 17.8 Å². The summed E-state index contributed by atoms with van der Waals surface area (Å²) >= 11 is 9.50. The van der Waals surface area contributed by atoms with Crippen molar-refractivity contribution in [2.45, 2.75) is 24.3 Å². The fraction of sp³-hybridized carbons (Fsp3) is 0.227. The number of amides is 1. The van der Waals surface area contributed by atoms with E-state index in [0.717, 1.165) is 28.7 Å². The monoisotopic (exact) mass is 456 g/mol. The van der Waals surface area contributed by atoms with Crippen LogP contribution in [0.1, 0.15) is 12.0 Å². The largest absolute Gasteiger partial charge is 0.337 e. The smallest absolute Gasteiger partial charge is 0.233 e. The second-order valence-electron chi connectivity index (χ2n) is 6.81. The molecular formula is C22H21ClN4OS2. The van der Waals surface area contributed by atoms with Gasteiger partial charge in [-0.05, 0) is 42.5 Å². The van der Waals surface area contributed by atoms with Crippen LogP contribution in [0, 0.1) is 0 Å². The van der Waals surface area contributed by atoms with Crippen LogP contribution in [0.15, 0.2) is 66.1 Å². The fourth-order valence-corrected chi connectivity index (χ4v) is 4.91. The van der Waals surface area contributed by atoms with E-state index in [4.69, 9.17) is 11.6 Å². The average molecular weight is 457 g/mol. The molecule has 4 aromatic rings. The van der Waals surface area contributed by atoms with Crippen molar-refractivity contribution in [2.75, 3.05) is 17.7 Å². The zero-order chi connectivity index (χ0) is 20.9. The molecule has 154 valence electrons. The standard InChI is InChI=1S/C22H21ClN4OS2/c1-29-17-8-6-16(7-9-17)14-20(28)27(12-3-11-26-13-10-24-15-26)22-25-21-18(23)4-2-5-19(21)30-22/h2,4-10,13,15H,3,11-12,14H2,1H3. The van der Waals surface area contributed by atoms with Crippen molar-refractivity contribution in [3.8, 4) is 0 Å². The number of fused-ring (bicyclic) bond motifs is 1. The summed E-state index contributed by atoms with van der Waals surface area (Å²) in [6.07, 6.45) is 8.66. The van der Waals surface area contributed by atoms with Crippen molar-refractivity contribution in [1.82, 2.24) is 14.5 Å². The minimum atomic E-state index is 0.0349. The Balaban J connectivity index is 1.56. The summed E-state index contributed by atoms with van der Waals surface area (Å²) in [6.45, 7) is 1.37. The van der Waals surface area contributed by atoms with Gasteiger partial charge in [0, 0.05) is 30.4 Å². The second kappa shape index (κ2) is 9.64. The molecule has 2 aromatic heterocycles. The van der Waals surface area contributed by atoms with Gasteiger partial charge in [0.25, 0.3) is 0 Å². The van der Waals surface area contributed by atoms with Gasteiger partial charge in [0.05, 0.1) is 22.5 Å². The van der Waals surface area contributed by atoms with Gasteiger partial charge in [-0.1, -0.05) is 41.1 Å². The van der Waals surface area contributed by atoms with Crippen LogP contribution in [0.5, 0.6) is 0 Å². The maximum absolute atomic E-state index is 13.3. The Morgan fingerprint density at radius 3 is 2.77 bits per heavy atom. The SMILES string of the molecule is CSc1ccc(CC(=O)N(CCCn2ccnc2)c2nc3c(Cl)cccc3s2)cc1. The molecule has 0 atom stereocenters. The quantitative estimate of drug-likeness (QED) is 0.327. The summed E-state index contributed by atoms with van der Waals surface area (Å²) in [5, 5.41) is 1.29. The Labute approximate surface area is 188 Å². The predicted octanol–water partition coefficient (Wildman–Crippen LogP) is 5.53. The fourth-order valence-electron chi connectivity index (χ4n) is 3.19. The van der Waals surface area contributed by atoms with Gasteiger partial charge in [-0.3, -0.25) is 9.69 Å². The summed E-state index contributed by atoms with van der Waals surface area (Å²) in [7, 11) is 0. The van der Waals surface area contributed by atoms with Crippen molar-refractivity contribution >= 4 is 56.0 Å². The van der Waals surface area contributed by atoms with E-state index in [1.165, 1.54) is 16.2 Å². The Kier molecular flexibility index (Phi) is 6.72. The minimum absolute atomic E-state index is 0.0349. The van der Waals surface area contributed by atoms with Gasteiger partial charge in [-0.15, -0.1) is 11.8 Å². The Morgan fingerprint density at radius 1 is 1.23 bits per heavy atom. The van der Waals surface area contributed by atoms with E-state index in [-0.39, 0.29) is 5.91 Å². The van der Waals surface area contributed by atoms with Gasteiger partial charge < -0.3 is 4.57 Å². The summed E-state index contributed by atoms with van der Waals surface area (Å²) < 4.78 is 2.99. The lowest BCUT2D eigenvalue weighted by atomic mass is 10.1. The van der Waals surface area contributed by atoms with Gasteiger partial charge in [0.2, 0.25) is 5.91 Å². The molecule has 0 saturated heterocycles. The predicted molar refractivity (Wildman–Crippen MR) is 126 cm³/mol. The maximum Gasteiger partial charge on any atom is 0.233 e. The zero-order valence-corrected chi connectivity index (χ0v) is 18.9. The van der Waals surface area contributed by atoms with Crippen LogP contribution in [0.25, 0.3) is 10.2 Å². The van der Waals surface area contributed by atoms with Crippen LogP contribution in [0.3, 0.4) is 0 Å². The highest BCUT2D eigenvalue weighted by Gasteiger charge is 2.20. The molecule has 2 heterocycles. The number of carbonyl (C=O) groups excluding carboxylic acids is 1. The molecule has 1 amide bonds. The number of para-hydroxylation sites is 1. The Hall–Kier alpha value is -2.35. The van der Waals surface area contributed by atoms with Crippen LogP contribution in [0.4, 0.5) is 5.13 Å². The first kappa shape index (κ1) is 20.9. The third-order valence-corrected chi connectivity index (χ3v) is 6.85. The summed E-state index contributed by atoms with van der Waals surface area (Å²) in [4.78, 5) is 25.0. The number of hydrogen-bond acceptors (Lipinski definition) is 5. The topological polar surface area (TPSA) is 51.0 Å². The highest BCUT2D eigenvalue weighted by Crippen LogP contribution is 2.33. The number of rotatable bonds is 8. The lowest BCUT2D eigenvalue weighted by molar-refractivity contribution is -0.118. The highest BCUT2D eigenvalue weighted by molar-refractivity contribution is 7.98. The lowest BCUT2D eigenvalue weighted by Gasteiger charge is -2.20. The molecule has 0 spiro atoms. The number of hydrogen-bond donors (Lipinski definition) is 0. The molecule has 0 aliphatic rings. The van der Waals surface area contributed by atoms with Crippen molar-refractivity contribution in [2.24, 2.45) is 0 Å². The number of aryl methyl sites for hydroxylation is 1. The summed E-state index contributed by atoms with van der Waals surface area (Å²) in [6, 6.07) is 13.8. The lowest BCUT2D eigenvalue weighted by Crippen LogP contribution is -2.33. The number of anilines is 1. The molecule has 0 saturated carbocycles. The normalized spacial score (nSPS) is 11.1. The van der Waals surface area contributed by atoms with Gasteiger partial charge >= 0.3 is 0 Å². The molecule has 0 aliphatic carbocycles. The first-order valence-corrected chi connectivity index (χ1v) is 12.0. The summed E-state index contributed by atoms with van der Waals surface area (Å²) in [5.74, 6) is 0.0349. The van der Waals surface area contributed by atoms with Crippen LogP contribution >= 0.6 is 34.7 Å². The molecule has 5 nitrogen and oxygen atoms in total. The molecule has 0 unspecified atom stereocenters. The number of thioether (sulfide) groups is 1. The molecular weight excluding hydrogens is 436 g/mol. The van der Waals surface area contributed by atoms with Crippen LogP contribution < -0.4 is 4.90 Å². The minimum Gasteiger partial charge on any atom is -0.337 e. The Bertz CT molecular complexity index is 1130. The van der Waals surface area contributed by atoms with Gasteiger partial charge in [-0.25, -0.2) is 9.97 Å². The van der Waals surface area contributed by atoms with Crippen molar-refractivity contribution in [3.05, 3.63) is 71.8 Å². The van der Waals surface area contributed by atoms with E-state index >= 15 is 0 Å². The third-order valence-electron chi connectivity index (χ3n) is 4.76. The first-order valence-electron chi connectivity index (χ1n) is 9.58. The second-order valence-corrected chi connectivity index (χ2v) is 9.10. The number of aromatic nitrogens is 3. The van der Waals surface area contributed by atoms with E-state index in [0.29, 0.717) is 23.1 Å². The van der Waals surface area contributed by atoms with E-state index < -0.39 is 0 Å². The molecule has 30 heavy (non-hydrogen) atoms. The first-order chi connectivity index (χ1) is 14.6. The maximum atomic E-state index is 13.3. The number of imidazole rings is 1. The Morgan fingerprint density at radius 2 is 2.07 bits per heavy atom. The third kappa shape index (κ3) is 4.86. The van der Waals surface area contributed by atoms with E-state index in [9.17, 15) is 4.79 Å². The zero-order valence-electron chi connectivity index (χ0n) is 16.5. The number of carbonyl (C=O) groups is 1. The molecule has 8 heteroatoms. The number of thiazole rings is 1. The van der Waals surface area contributed by atoms with Crippen molar-refractivity contribution < 1.29 is 4.79 Å². The molecule has 0 N–H and O–H groups in total. The molecule has 4 rings (SSSR count). The van der Waals surface area contributed by atoms with Crippen molar-refractivity contribution in [3.63, 3.8) is 0 Å².